The summed E-state index contributed by atoms with van der Waals surface area (Å²) in [6.07, 6.45) is 2.25. The van der Waals surface area contributed by atoms with Crippen molar-refractivity contribution >= 4 is 17.8 Å². The topological polar surface area (TPSA) is 69.7 Å². The largest absolute Gasteiger partial charge is 0.340 e. The van der Waals surface area contributed by atoms with Crippen molar-refractivity contribution in [3.8, 4) is 0 Å². The summed E-state index contributed by atoms with van der Waals surface area (Å²) >= 11 is 0. The predicted octanol–water partition coefficient (Wildman–Crippen LogP) is 3.73. The summed E-state index contributed by atoms with van der Waals surface area (Å²) in [5.74, 6) is -0.597. The number of amides is 4. The third kappa shape index (κ3) is 3.90. The first-order valence-electron chi connectivity index (χ1n) is 11.2. The number of hydrogen-bond donors (Lipinski definition) is 1. The van der Waals surface area contributed by atoms with Gasteiger partial charge in [0.2, 0.25) is 5.91 Å². The number of likely N-dealkylation sites (N-methyl/N-ethyl adjacent to an activating group) is 1. The molecule has 168 valence electrons. The fourth-order valence-electron chi connectivity index (χ4n) is 4.68. The van der Waals surface area contributed by atoms with E-state index < -0.39 is 11.6 Å². The molecule has 1 atom stereocenters. The van der Waals surface area contributed by atoms with Crippen LogP contribution in [0.1, 0.15) is 55.9 Å². The maximum absolute atomic E-state index is 13.4. The minimum absolute atomic E-state index is 0.0669. The molecule has 1 saturated heterocycles. The minimum Gasteiger partial charge on any atom is -0.340 e. The lowest BCUT2D eigenvalue weighted by Gasteiger charge is -2.33. The Hall–Kier alpha value is -3.15. The number of hydrogen-bond acceptors (Lipinski definition) is 3. The fraction of sp³-hybridized carbons (Fsp3) is 0.423. The van der Waals surface area contributed by atoms with Crippen molar-refractivity contribution < 1.29 is 14.4 Å². The molecule has 1 aliphatic carbocycles. The van der Waals surface area contributed by atoms with Gasteiger partial charge in [-0.25, -0.2) is 4.79 Å². The second-order valence-electron chi connectivity index (χ2n) is 9.93. The fourth-order valence-corrected chi connectivity index (χ4v) is 4.68. The van der Waals surface area contributed by atoms with E-state index in [0.29, 0.717) is 13.0 Å². The first-order valence-corrected chi connectivity index (χ1v) is 11.2. The average molecular weight is 434 g/mol. The van der Waals surface area contributed by atoms with E-state index in [0.717, 1.165) is 34.4 Å². The van der Waals surface area contributed by atoms with Crippen LogP contribution in [0.15, 0.2) is 48.5 Å². The van der Waals surface area contributed by atoms with E-state index in [1.807, 2.05) is 36.4 Å². The molecule has 32 heavy (non-hydrogen) atoms. The quantitative estimate of drug-likeness (QED) is 0.747. The maximum atomic E-state index is 13.4. The van der Waals surface area contributed by atoms with Crippen LogP contribution in [0.2, 0.25) is 0 Å². The summed E-state index contributed by atoms with van der Waals surface area (Å²) in [5.41, 5.74) is 3.19. The minimum atomic E-state index is -1.05. The summed E-state index contributed by atoms with van der Waals surface area (Å²) in [6.45, 7) is 6.64. The van der Waals surface area contributed by atoms with E-state index >= 15 is 0 Å². The van der Waals surface area contributed by atoms with Gasteiger partial charge in [0.1, 0.15) is 12.1 Å². The number of urea groups is 1. The molecule has 0 saturated carbocycles. The number of aryl methyl sites for hydroxylation is 1. The second kappa shape index (κ2) is 8.08. The average Bonchev–Trinajstić information content (AvgIpc) is 2.98. The van der Waals surface area contributed by atoms with Gasteiger partial charge in [0.15, 0.2) is 0 Å². The molecule has 1 N–H and O–H groups in total. The summed E-state index contributed by atoms with van der Waals surface area (Å²) in [7, 11) is 1.70. The lowest BCUT2D eigenvalue weighted by Crippen LogP contribution is -2.47. The number of carbonyl (C=O) groups is 3. The van der Waals surface area contributed by atoms with Gasteiger partial charge < -0.3 is 10.2 Å². The molecule has 1 fully saturated rings. The van der Waals surface area contributed by atoms with E-state index in [9.17, 15) is 14.4 Å². The van der Waals surface area contributed by atoms with Crippen LogP contribution >= 0.6 is 0 Å². The number of benzene rings is 2. The number of nitrogens with one attached hydrogen (secondary N) is 1. The van der Waals surface area contributed by atoms with Crippen molar-refractivity contribution in [3.63, 3.8) is 0 Å². The third-order valence-electron chi connectivity index (χ3n) is 6.61. The molecule has 0 bridgehead atoms. The molecule has 4 rings (SSSR count). The molecular weight excluding hydrogens is 402 g/mol. The molecule has 2 aliphatic rings. The van der Waals surface area contributed by atoms with E-state index in [1.54, 1.807) is 11.9 Å². The number of fused-ring (bicyclic) bond motifs is 2. The monoisotopic (exact) mass is 433 g/mol. The van der Waals surface area contributed by atoms with Gasteiger partial charge in [-0.2, -0.15) is 0 Å². The number of rotatable bonds is 4. The predicted molar refractivity (Wildman–Crippen MR) is 123 cm³/mol. The molecule has 2 aromatic rings. The molecule has 0 radical (unpaired) electrons. The standard InChI is InChI=1S/C26H31N3O3/c1-25(2,3)20-13-11-18(12-14-20)16-28(4)22(30)17-29-23(31)26(27-24(29)32)15-7-9-19-8-5-6-10-21(19)26/h5-6,8,10-14H,7,9,15-17H2,1-4H3,(H,27,32). The molecule has 1 unspecified atom stereocenters. The summed E-state index contributed by atoms with van der Waals surface area (Å²) in [4.78, 5) is 41.6. The van der Waals surface area contributed by atoms with Crippen molar-refractivity contribution in [3.05, 3.63) is 70.8 Å². The van der Waals surface area contributed by atoms with E-state index in [2.05, 4.69) is 38.2 Å². The van der Waals surface area contributed by atoms with Crippen LogP contribution in [-0.4, -0.2) is 41.2 Å². The molecule has 1 spiro atoms. The molecule has 2 aromatic carbocycles. The molecule has 4 amide bonds. The van der Waals surface area contributed by atoms with Gasteiger partial charge in [-0.1, -0.05) is 69.3 Å². The van der Waals surface area contributed by atoms with Crippen molar-refractivity contribution in [2.75, 3.05) is 13.6 Å². The number of imide groups is 1. The normalized spacial score (nSPS) is 20.3. The lowest BCUT2D eigenvalue weighted by molar-refractivity contribution is -0.139. The first-order chi connectivity index (χ1) is 15.1. The summed E-state index contributed by atoms with van der Waals surface area (Å²) in [6, 6.07) is 15.4. The Morgan fingerprint density at radius 3 is 2.47 bits per heavy atom. The Kier molecular flexibility index (Phi) is 5.57. The third-order valence-corrected chi connectivity index (χ3v) is 6.61. The van der Waals surface area contributed by atoms with Crippen molar-refractivity contribution in [2.24, 2.45) is 0 Å². The van der Waals surface area contributed by atoms with Crippen LogP contribution in [0.5, 0.6) is 0 Å². The highest BCUT2D eigenvalue weighted by Gasteiger charge is 2.54. The molecule has 6 nitrogen and oxygen atoms in total. The number of nitrogens with zero attached hydrogens (tertiary/aromatic N) is 2. The van der Waals surface area contributed by atoms with Crippen LogP contribution in [0.3, 0.4) is 0 Å². The van der Waals surface area contributed by atoms with Gasteiger partial charge in [-0.05, 0) is 46.9 Å². The Balaban J connectivity index is 1.46. The Labute approximate surface area is 189 Å². The van der Waals surface area contributed by atoms with Gasteiger partial charge in [0.05, 0.1) is 0 Å². The Morgan fingerprint density at radius 1 is 1.09 bits per heavy atom. The van der Waals surface area contributed by atoms with Gasteiger partial charge in [-0.15, -0.1) is 0 Å². The second-order valence-corrected chi connectivity index (χ2v) is 9.93. The molecule has 0 aromatic heterocycles. The summed E-state index contributed by atoms with van der Waals surface area (Å²) < 4.78 is 0. The van der Waals surface area contributed by atoms with Crippen molar-refractivity contribution in [2.45, 2.75) is 57.5 Å². The van der Waals surface area contributed by atoms with Gasteiger partial charge in [0, 0.05) is 13.6 Å². The number of carbonyl (C=O) groups excluding carboxylic acids is 3. The van der Waals surface area contributed by atoms with Gasteiger partial charge in [0.25, 0.3) is 5.91 Å². The molecular formula is C26H31N3O3. The van der Waals surface area contributed by atoms with E-state index in [1.165, 1.54) is 5.56 Å². The smallest absolute Gasteiger partial charge is 0.325 e. The zero-order chi connectivity index (χ0) is 23.1. The zero-order valence-corrected chi connectivity index (χ0v) is 19.3. The van der Waals surface area contributed by atoms with Crippen molar-refractivity contribution in [1.82, 2.24) is 15.1 Å². The maximum Gasteiger partial charge on any atom is 0.325 e. The Morgan fingerprint density at radius 2 is 1.78 bits per heavy atom. The van der Waals surface area contributed by atoms with Crippen molar-refractivity contribution in [1.29, 1.82) is 0 Å². The first kappa shape index (κ1) is 22.1. The van der Waals surface area contributed by atoms with Crippen LogP contribution in [0, 0.1) is 0 Å². The highest BCUT2D eigenvalue weighted by molar-refractivity contribution is 6.09. The summed E-state index contributed by atoms with van der Waals surface area (Å²) in [5, 5.41) is 2.91. The highest BCUT2D eigenvalue weighted by Crippen LogP contribution is 2.39. The van der Waals surface area contributed by atoms with Crippen LogP contribution in [0.4, 0.5) is 4.79 Å². The molecule has 1 aliphatic heterocycles. The van der Waals surface area contributed by atoms with Crippen LogP contribution < -0.4 is 5.32 Å². The van der Waals surface area contributed by atoms with Gasteiger partial charge >= 0.3 is 6.03 Å². The van der Waals surface area contributed by atoms with E-state index in [-0.39, 0.29) is 23.8 Å². The van der Waals surface area contributed by atoms with Crippen LogP contribution in [0.25, 0.3) is 0 Å². The molecule has 6 heteroatoms. The Bertz CT molecular complexity index is 1050. The SMILES string of the molecule is CN(Cc1ccc(C(C)(C)C)cc1)C(=O)CN1C(=O)NC2(CCCc3ccccc32)C1=O. The van der Waals surface area contributed by atoms with Gasteiger partial charge in [-0.3, -0.25) is 14.5 Å². The van der Waals surface area contributed by atoms with Crippen LogP contribution in [-0.2, 0) is 33.5 Å². The highest BCUT2D eigenvalue weighted by atomic mass is 16.2. The lowest BCUT2D eigenvalue weighted by atomic mass is 9.76. The molecule has 1 heterocycles. The zero-order valence-electron chi connectivity index (χ0n) is 19.3. The van der Waals surface area contributed by atoms with E-state index in [4.69, 9.17) is 0 Å².